The lowest BCUT2D eigenvalue weighted by molar-refractivity contribution is 0.668. The molecule has 0 spiro atoms. The summed E-state index contributed by atoms with van der Waals surface area (Å²) in [6.07, 6.45) is 10.5. The number of hydrogen-bond acceptors (Lipinski definition) is 4. The van der Waals surface area contributed by atoms with E-state index in [-0.39, 0.29) is 5.56 Å². The number of aromatic nitrogens is 2. The summed E-state index contributed by atoms with van der Waals surface area (Å²) in [4.78, 5) is 20.3. The second-order valence-electron chi connectivity index (χ2n) is 6.61. The lowest BCUT2D eigenvalue weighted by Crippen LogP contribution is -2.23. The number of benzene rings is 1. The first-order chi connectivity index (χ1) is 13.3. The SMILES string of the molecule is C=CCn1c(SC/C=C/c2ccccc2)nc2sc3c(c2c1=O)CCCC3. The first-order valence-electron chi connectivity index (χ1n) is 9.28. The van der Waals surface area contributed by atoms with E-state index < -0.39 is 0 Å². The largest absolute Gasteiger partial charge is 0.283 e. The molecule has 0 saturated carbocycles. The average Bonchev–Trinajstić information content (AvgIpc) is 3.07. The summed E-state index contributed by atoms with van der Waals surface area (Å²) in [5.41, 5.74) is 2.52. The molecule has 0 aliphatic heterocycles. The minimum absolute atomic E-state index is 0.0915. The number of thioether (sulfide) groups is 1. The maximum atomic E-state index is 13.2. The van der Waals surface area contributed by atoms with Crippen LogP contribution in [0, 0.1) is 0 Å². The summed E-state index contributed by atoms with van der Waals surface area (Å²) in [6.45, 7) is 4.32. The molecule has 4 rings (SSSR count). The Morgan fingerprint density at radius 1 is 1.22 bits per heavy atom. The van der Waals surface area contributed by atoms with Crippen LogP contribution in [-0.2, 0) is 19.4 Å². The van der Waals surface area contributed by atoms with Crippen molar-refractivity contribution in [2.75, 3.05) is 5.75 Å². The van der Waals surface area contributed by atoms with E-state index in [0.717, 1.165) is 34.0 Å². The van der Waals surface area contributed by atoms with Crippen LogP contribution in [0.5, 0.6) is 0 Å². The molecular formula is C22H22N2OS2. The fraction of sp³-hybridized carbons (Fsp3) is 0.273. The van der Waals surface area contributed by atoms with E-state index in [4.69, 9.17) is 4.98 Å². The Hall–Kier alpha value is -2.11. The molecular weight excluding hydrogens is 372 g/mol. The molecule has 1 aliphatic rings. The standard InChI is InChI=1S/C22H22N2OS2/c1-2-14-24-21(25)19-17-12-6-7-13-18(17)27-20(19)23-22(24)26-15-8-11-16-9-4-3-5-10-16/h2-5,8-11H,1,6-7,12-15H2/b11-8+. The molecule has 138 valence electrons. The number of fused-ring (bicyclic) bond motifs is 3. The van der Waals surface area contributed by atoms with Crippen LogP contribution in [0.4, 0.5) is 0 Å². The molecule has 3 aromatic rings. The molecule has 0 fully saturated rings. The van der Waals surface area contributed by atoms with Gasteiger partial charge in [0.25, 0.3) is 5.56 Å². The van der Waals surface area contributed by atoms with Gasteiger partial charge in [-0.3, -0.25) is 9.36 Å². The van der Waals surface area contributed by atoms with Crippen LogP contribution in [0.25, 0.3) is 16.3 Å². The Kier molecular flexibility index (Phi) is 5.60. The molecule has 1 aromatic carbocycles. The van der Waals surface area contributed by atoms with E-state index >= 15 is 0 Å². The van der Waals surface area contributed by atoms with Crippen LogP contribution in [0.15, 0.2) is 59.0 Å². The fourth-order valence-corrected chi connectivity index (χ4v) is 5.61. The smallest absolute Gasteiger partial charge is 0.263 e. The number of nitrogens with zero attached hydrogens (tertiary/aromatic N) is 2. The topological polar surface area (TPSA) is 34.9 Å². The van der Waals surface area contributed by atoms with Crippen molar-refractivity contribution in [3.63, 3.8) is 0 Å². The van der Waals surface area contributed by atoms with Gasteiger partial charge in [-0.25, -0.2) is 4.98 Å². The van der Waals surface area contributed by atoms with E-state index in [2.05, 4.69) is 30.9 Å². The number of allylic oxidation sites excluding steroid dienone is 1. The van der Waals surface area contributed by atoms with Crippen LogP contribution in [0.2, 0.25) is 0 Å². The number of rotatable bonds is 6. The molecule has 0 bridgehead atoms. The second kappa shape index (κ2) is 8.28. The molecule has 27 heavy (non-hydrogen) atoms. The van der Waals surface area contributed by atoms with Crippen molar-refractivity contribution >= 4 is 39.4 Å². The van der Waals surface area contributed by atoms with Crippen molar-refractivity contribution in [3.8, 4) is 0 Å². The normalized spacial score (nSPS) is 13.9. The van der Waals surface area contributed by atoms with Gasteiger partial charge in [0.05, 0.1) is 5.39 Å². The van der Waals surface area contributed by atoms with E-state index in [0.29, 0.717) is 6.54 Å². The molecule has 0 N–H and O–H groups in total. The van der Waals surface area contributed by atoms with Crippen molar-refractivity contribution in [1.82, 2.24) is 9.55 Å². The predicted octanol–water partition coefficient (Wildman–Crippen LogP) is 5.33. The third-order valence-electron chi connectivity index (χ3n) is 4.77. The molecule has 0 amide bonds. The zero-order chi connectivity index (χ0) is 18.6. The fourth-order valence-electron chi connectivity index (χ4n) is 3.49. The highest BCUT2D eigenvalue weighted by atomic mass is 32.2. The van der Waals surface area contributed by atoms with Gasteiger partial charge in [0.2, 0.25) is 0 Å². The van der Waals surface area contributed by atoms with Gasteiger partial charge in [0.15, 0.2) is 5.16 Å². The third kappa shape index (κ3) is 3.80. The molecule has 0 unspecified atom stereocenters. The van der Waals surface area contributed by atoms with Crippen molar-refractivity contribution in [3.05, 3.63) is 75.4 Å². The average molecular weight is 395 g/mol. The zero-order valence-corrected chi connectivity index (χ0v) is 16.8. The van der Waals surface area contributed by atoms with E-state index in [9.17, 15) is 4.79 Å². The zero-order valence-electron chi connectivity index (χ0n) is 15.2. The van der Waals surface area contributed by atoms with E-state index in [1.807, 2.05) is 18.2 Å². The summed E-state index contributed by atoms with van der Waals surface area (Å²) in [5.74, 6) is 0.773. The lowest BCUT2D eigenvalue weighted by Gasteiger charge is -2.12. The van der Waals surface area contributed by atoms with Gasteiger partial charge in [-0.05, 0) is 36.8 Å². The van der Waals surface area contributed by atoms with Gasteiger partial charge in [0, 0.05) is 17.2 Å². The number of hydrogen-bond donors (Lipinski definition) is 0. The maximum Gasteiger partial charge on any atom is 0.263 e. The van der Waals surface area contributed by atoms with Gasteiger partial charge < -0.3 is 0 Å². The summed E-state index contributed by atoms with van der Waals surface area (Å²) in [5, 5.41) is 1.63. The molecule has 3 nitrogen and oxygen atoms in total. The van der Waals surface area contributed by atoms with Gasteiger partial charge in [-0.1, -0.05) is 60.3 Å². The molecule has 1 aliphatic carbocycles. The van der Waals surface area contributed by atoms with E-state index in [1.54, 1.807) is 33.7 Å². The number of thiophene rings is 1. The van der Waals surface area contributed by atoms with Crippen molar-refractivity contribution in [2.45, 2.75) is 37.4 Å². The van der Waals surface area contributed by atoms with Crippen LogP contribution in [0.3, 0.4) is 0 Å². The maximum absolute atomic E-state index is 13.2. The van der Waals surface area contributed by atoms with Gasteiger partial charge in [-0.2, -0.15) is 0 Å². The summed E-state index contributed by atoms with van der Waals surface area (Å²) < 4.78 is 1.78. The lowest BCUT2D eigenvalue weighted by atomic mass is 9.97. The van der Waals surface area contributed by atoms with Crippen LogP contribution >= 0.6 is 23.1 Å². The monoisotopic (exact) mass is 394 g/mol. The second-order valence-corrected chi connectivity index (χ2v) is 8.68. The summed E-state index contributed by atoms with van der Waals surface area (Å²) >= 11 is 3.31. The first kappa shape index (κ1) is 18.3. The Bertz CT molecular complexity index is 1050. The first-order valence-corrected chi connectivity index (χ1v) is 11.1. The van der Waals surface area contributed by atoms with Crippen LogP contribution in [0.1, 0.15) is 28.8 Å². The van der Waals surface area contributed by atoms with Crippen LogP contribution < -0.4 is 5.56 Å². The van der Waals surface area contributed by atoms with Gasteiger partial charge in [0.1, 0.15) is 4.83 Å². The molecule has 2 heterocycles. The minimum atomic E-state index is 0.0915. The molecule has 0 radical (unpaired) electrons. The van der Waals surface area contributed by atoms with Crippen molar-refractivity contribution in [1.29, 1.82) is 0 Å². The van der Waals surface area contributed by atoms with Crippen LogP contribution in [-0.4, -0.2) is 15.3 Å². The highest BCUT2D eigenvalue weighted by molar-refractivity contribution is 7.99. The third-order valence-corrected chi connectivity index (χ3v) is 6.88. The van der Waals surface area contributed by atoms with Gasteiger partial charge >= 0.3 is 0 Å². The van der Waals surface area contributed by atoms with Crippen molar-refractivity contribution in [2.24, 2.45) is 0 Å². The van der Waals surface area contributed by atoms with Crippen molar-refractivity contribution < 1.29 is 0 Å². The summed E-state index contributed by atoms with van der Waals surface area (Å²) in [6, 6.07) is 10.2. The molecule has 0 saturated heterocycles. The Labute approximate surface area is 167 Å². The van der Waals surface area contributed by atoms with Gasteiger partial charge in [-0.15, -0.1) is 17.9 Å². The Morgan fingerprint density at radius 2 is 2.04 bits per heavy atom. The molecule has 0 atom stereocenters. The number of aryl methyl sites for hydroxylation is 2. The Morgan fingerprint density at radius 3 is 2.85 bits per heavy atom. The predicted molar refractivity (Wildman–Crippen MR) is 117 cm³/mol. The summed E-state index contributed by atoms with van der Waals surface area (Å²) in [7, 11) is 0. The highest BCUT2D eigenvalue weighted by Crippen LogP contribution is 2.34. The molecule has 2 aromatic heterocycles. The molecule has 5 heteroatoms. The Balaban J connectivity index is 1.65. The quantitative estimate of drug-likeness (QED) is 0.322. The van der Waals surface area contributed by atoms with E-state index in [1.165, 1.54) is 28.8 Å². The minimum Gasteiger partial charge on any atom is -0.283 e. The highest BCUT2D eigenvalue weighted by Gasteiger charge is 2.21.